The Labute approximate surface area is 85.3 Å². The van der Waals surface area contributed by atoms with Crippen LogP contribution in [0.2, 0.25) is 0 Å². The molecular formula is C12H17NO. The lowest BCUT2D eigenvalue weighted by atomic mass is 10.0. The molecule has 0 unspecified atom stereocenters. The lowest BCUT2D eigenvalue weighted by molar-refractivity contribution is 0.0955. The number of aryl methyl sites for hydroxylation is 2. The van der Waals surface area contributed by atoms with Crippen molar-refractivity contribution in [2.24, 2.45) is 0 Å². The summed E-state index contributed by atoms with van der Waals surface area (Å²) in [6, 6.07) is 5.71. The summed E-state index contributed by atoms with van der Waals surface area (Å²) in [4.78, 5) is 11.8. The largest absolute Gasteiger partial charge is 0.310 e. The molecule has 1 aromatic rings. The number of hydrogen-bond donors (Lipinski definition) is 1. The number of ketones is 1. The van der Waals surface area contributed by atoms with E-state index in [1.165, 1.54) is 11.1 Å². The van der Waals surface area contributed by atoms with E-state index in [0.717, 1.165) is 5.56 Å². The highest BCUT2D eigenvalue weighted by molar-refractivity contribution is 6.00. The summed E-state index contributed by atoms with van der Waals surface area (Å²) in [5.74, 6) is 0.149. The van der Waals surface area contributed by atoms with Crippen molar-refractivity contribution >= 4 is 5.78 Å². The molecule has 0 aliphatic rings. The van der Waals surface area contributed by atoms with Crippen LogP contribution in [0.1, 0.15) is 28.4 Å². The van der Waals surface area contributed by atoms with Crippen molar-refractivity contribution in [3.05, 3.63) is 34.9 Å². The second-order valence-electron chi connectivity index (χ2n) is 3.67. The van der Waals surface area contributed by atoms with Gasteiger partial charge in [-0.3, -0.25) is 4.79 Å². The molecule has 1 aromatic carbocycles. The highest BCUT2D eigenvalue weighted by atomic mass is 16.1. The average Bonchev–Trinajstić information content (AvgIpc) is 2.20. The number of nitrogens with one attached hydrogen (secondary N) is 1. The molecule has 1 rings (SSSR count). The molecule has 0 saturated carbocycles. The zero-order chi connectivity index (χ0) is 10.7. The van der Waals surface area contributed by atoms with Crippen LogP contribution in [0.3, 0.4) is 0 Å². The smallest absolute Gasteiger partial charge is 0.179 e. The van der Waals surface area contributed by atoms with Gasteiger partial charge in [-0.2, -0.15) is 0 Å². The standard InChI is InChI=1S/C12H17NO/c1-8-5-6-11(7-9(8)2)12(14)10(3)13-4/h5-7,10,13H,1-4H3/t10-/m0/s1. The van der Waals surface area contributed by atoms with Gasteiger partial charge in [0.15, 0.2) is 5.78 Å². The number of rotatable bonds is 3. The van der Waals surface area contributed by atoms with E-state index in [1.54, 1.807) is 7.05 Å². The van der Waals surface area contributed by atoms with Crippen molar-refractivity contribution in [3.63, 3.8) is 0 Å². The van der Waals surface area contributed by atoms with Crippen LogP contribution in [0.25, 0.3) is 0 Å². The van der Waals surface area contributed by atoms with Crippen molar-refractivity contribution in [3.8, 4) is 0 Å². The molecule has 0 aliphatic carbocycles. The molecule has 0 spiro atoms. The van der Waals surface area contributed by atoms with E-state index >= 15 is 0 Å². The van der Waals surface area contributed by atoms with Gasteiger partial charge in [0.1, 0.15) is 0 Å². The van der Waals surface area contributed by atoms with Gasteiger partial charge >= 0.3 is 0 Å². The SMILES string of the molecule is CN[C@@H](C)C(=O)c1ccc(C)c(C)c1. The minimum Gasteiger partial charge on any atom is -0.310 e. The molecule has 1 atom stereocenters. The molecule has 0 heterocycles. The lowest BCUT2D eigenvalue weighted by Crippen LogP contribution is -2.30. The Balaban J connectivity index is 2.97. The third kappa shape index (κ3) is 2.20. The van der Waals surface area contributed by atoms with E-state index in [9.17, 15) is 4.79 Å². The third-order valence-corrected chi connectivity index (χ3v) is 2.62. The van der Waals surface area contributed by atoms with Crippen LogP contribution < -0.4 is 5.32 Å². The predicted molar refractivity (Wildman–Crippen MR) is 58.8 cm³/mol. The lowest BCUT2D eigenvalue weighted by Gasteiger charge is -2.10. The van der Waals surface area contributed by atoms with Gasteiger partial charge in [-0.1, -0.05) is 12.1 Å². The van der Waals surface area contributed by atoms with E-state index in [-0.39, 0.29) is 11.8 Å². The molecule has 0 radical (unpaired) electrons. The van der Waals surface area contributed by atoms with Gasteiger partial charge in [0.05, 0.1) is 6.04 Å². The van der Waals surface area contributed by atoms with E-state index < -0.39 is 0 Å². The van der Waals surface area contributed by atoms with E-state index in [0.29, 0.717) is 0 Å². The minimum absolute atomic E-state index is 0.114. The first-order valence-electron chi connectivity index (χ1n) is 4.85. The first-order chi connectivity index (χ1) is 6.56. The summed E-state index contributed by atoms with van der Waals surface area (Å²) in [6.07, 6.45) is 0. The van der Waals surface area contributed by atoms with Gasteiger partial charge in [0, 0.05) is 5.56 Å². The van der Waals surface area contributed by atoms with Crippen LogP contribution in [-0.2, 0) is 0 Å². The monoisotopic (exact) mass is 191 g/mol. The summed E-state index contributed by atoms with van der Waals surface area (Å²) < 4.78 is 0. The van der Waals surface area contributed by atoms with Gasteiger partial charge in [0.25, 0.3) is 0 Å². The molecule has 0 saturated heterocycles. The normalized spacial score (nSPS) is 12.6. The minimum atomic E-state index is -0.114. The maximum atomic E-state index is 11.8. The Morgan fingerprint density at radius 3 is 2.43 bits per heavy atom. The van der Waals surface area contributed by atoms with Gasteiger partial charge in [-0.25, -0.2) is 0 Å². The molecule has 1 N–H and O–H groups in total. The first kappa shape index (κ1) is 10.9. The molecule has 0 aromatic heterocycles. The van der Waals surface area contributed by atoms with Crippen molar-refractivity contribution in [1.29, 1.82) is 0 Å². The van der Waals surface area contributed by atoms with Crippen LogP contribution in [0, 0.1) is 13.8 Å². The Morgan fingerprint density at radius 2 is 1.93 bits per heavy atom. The molecule has 14 heavy (non-hydrogen) atoms. The fourth-order valence-electron chi connectivity index (χ4n) is 1.28. The number of carbonyl (C=O) groups excluding carboxylic acids is 1. The molecule has 0 amide bonds. The summed E-state index contributed by atoms with van der Waals surface area (Å²) in [6.45, 7) is 5.94. The molecule has 2 nitrogen and oxygen atoms in total. The van der Waals surface area contributed by atoms with Crippen molar-refractivity contribution in [2.45, 2.75) is 26.8 Å². The van der Waals surface area contributed by atoms with E-state index in [2.05, 4.69) is 5.32 Å². The Hall–Kier alpha value is -1.15. The van der Waals surface area contributed by atoms with Crippen molar-refractivity contribution in [2.75, 3.05) is 7.05 Å². The molecule has 2 heteroatoms. The number of likely N-dealkylation sites (N-methyl/N-ethyl adjacent to an activating group) is 1. The van der Waals surface area contributed by atoms with Crippen LogP contribution in [-0.4, -0.2) is 18.9 Å². The summed E-state index contributed by atoms with van der Waals surface area (Å²) in [5.41, 5.74) is 3.17. The maximum Gasteiger partial charge on any atom is 0.179 e. The Morgan fingerprint density at radius 1 is 1.29 bits per heavy atom. The second kappa shape index (κ2) is 4.38. The quantitative estimate of drug-likeness (QED) is 0.741. The highest BCUT2D eigenvalue weighted by Crippen LogP contribution is 2.11. The second-order valence-corrected chi connectivity index (χ2v) is 3.67. The van der Waals surface area contributed by atoms with Gasteiger partial charge in [-0.05, 0) is 45.0 Å². The zero-order valence-corrected chi connectivity index (χ0v) is 9.22. The van der Waals surface area contributed by atoms with Gasteiger partial charge in [0.2, 0.25) is 0 Å². The number of benzene rings is 1. The fourth-order valence-corrected chi connectivity index (χ4v) is 1.28. The zero-order valence-electron chi connectivity index (χ0n) is 9.22. The molecule has 0 bridgehead atoms. The van der Waals surface area contributed by atoms with Crippen LogP contribution in [0.4, 0.5) is 0 Å². The predicted octanol–water partition coefficient (Wildman–Crippen LogP) is 2.09. The summed E-state index contributed by atoms with van der Waals surface area (Å²) in [5, 5.41) is 2.95. The molecule has 0 fully saturated rings. The molecule has 0 aliphatic heterocycles. The topological polar surface area (TPSA) is 29.1 Å². The first-order valence-corrected chi connectivity index (χ1v) is 4.85. The van der Waals surface area contributed by atoms with Crippen LogP contribution >= 0.6 is 0 Å². The van der Waals surface area contributed by atoms with E-state index in [1.807, 2.05) is 39.0 Å². The van der Waals surface area contributed by atoms with Crippen LogP contribution in [0.15, 0.2) is 18.2 Å². The van der Waals surface area contributed by atoms with Crippen LogP contribution in [0.5, 0.6) is 0 Å². The maximum absolute atomic E-state index is 11.8. The Bertz CT molecular complexity index is 344. The number of hydrogen-bond acceptors (Lipinski definition) is 2. The summed E-state index contributed by atoms with van der Waals surface area (Å²) >= 11 is 0. The molecular weight excluding hydrogens is 174 g/mol. The fraction of sp³-hybridized carbons (Fsp3) is 0.417. The van der Waals surface area contributed by atoms with Gasteiger partial charge in [-0.15, -0.1) is 0 Å². The van der Waals surface area contributed by atoms with E-state index in [4.69, 9.17) is 0 Å². The third-order valence-electron chi connectivity index (χ3n) is 2.62. The highest BCUT2D eigenvalue weighted by Gasteiger charge is 2.12. The van der Waals surface area contributed by atoms with Gasteiger partial charge < -0.3 is 5.32 Å². The average molecular weight is 191 g/mol. The van der Waals surface area contributed by atoms with Crippen molar-refractivity contribution < 1.29 is 4.79 Å². The Kier molecular flexibility index (Phi) is 3.42. The molecule has 76 valence electrons. The number of carbonyl (C=O) groups is 1. The number of Topliss-reactive ketones (excluding diaryl/α,β-unsaturated/α-hetero) is 1. The van der Waals surface area contributed by atoms with Crippen molar-refractivity contribution in [1.82, 2.24) is 5.32 Å². The summed E-state index contributed by atoms with van der Waals surface area (Å²) in [7, 11) is 1.80.